The van der Waals surface area contributed by atoms with Crippen LogP contribution in [0.15, 0.2) is 61.4 Å². The summed E-state index contributed by atoms with van der Waals surface area (Å²) >= 11 is 0. The van der Waals surface area contributed by atoms with Crippen molar-refractivity contribution in [2.24, 2.45) is 0 Å². The number of aromatic nitrogens is 4. The standard InChI is InChI=1S/C23H21N5O/c1-4-17-11-21(27-14(3)26-17)20-13-25-23-19(20)10-16(12-24-23)15-7-6-8-18(9-15)28-22(29)5-2/h5-13H,2,4H2,1,3H3,(H,24,25)(H,28,29). The van der Waals surface area contributed by atoms with Crippen LogP contribution in [-0.4, -0.2) is 25.8 Å². The summed E-state index contributed by atoms with van der Waals surface area (Å²) in [6.07, 6.45) is 5.86. The lowest BCUT2D eigenvalue weighted by Gasteiger charge is -2.07. The van der Waals surface area contributed by atoms with Crippen LogP contribution in [0.3, 0.4) is 0 Å². The van der Waals surface area contributed by atoms with E-state index in [9.17, 15) is 4.79 Å². The molecule has 0 spiro atoms. The van der Waals surface area contributed by atoms with Crippen LogP contribution >= 0.6 is 0 Å². The Balaban J connectivity index is 1.78. The molecule has 1 aromatic carbocycles. The first-order valence-electron chi connectivity index (χ1n) is 9.43. The van der Waals surface area contributed by atoms with Gasteiger partial charge in [0.25, 0.3) is 0 Å². The number of anilines is 1. The number of H-pyrrole nitrogens is 1. The van der Waals surface area contributed by atoms with Crippen LogP contribution < -0.4 is 5.32 Å². The molecule has 2 N–H and O–H groups in total. The van der Waals surface area contributed by atoms with E-state index in [1.807, 2.05) is 49.6 Å². The molecular formula is C23H21N5O. The third-order valence-corrected chi connectivity index (χ3v) is 4.71. The van der Waals surface area contributed by atoms with Crippen LogP contribution in [0.25, 0.3) is 33.4 Å². The predicted octanol–water partition coefficient (Wildman–Crippen LogP) is 4.68. The number of nitrogens with zero attached hydrogens (tertiary/aromatic N) is 3. The van der Waals surface area contributed by atoms with Gasteiger partial charge in [0.15, 0.2) is 0 Å². The van der Waals surface area contributed by atoms with Gasteiger partial charge in [-0.25, -0.2) is 15.0 Å². The number of carbonyl (C=O) groups is 1. The minimum atomic E-state index is -0.241. The molecular weight excluding hydrogens is 362 g/mol. The summed E-state index contributed by atoms with van der Waals surface area (Å²) in [5.41, 5.74) is 6.31. The number of hydrogen-bond donors (Lipinski definition) is 2. The van der Waals surface area contributed by atoms with Crippen molar-refractivity contribution >= 4 is 22.6 Å². The monoisotopic (exact) mass is 383 g/mol. The molecule has 0 saturated carbocycles. The molecule has 4 aromatic rings. The fourth-order valence-corrected chi connectivity index (χ4v) is 3.29. The van der Waals surface area contributed by atoms with Crippen LogP contribution in [0.1, 0.15) is 18.4 Å². The number of carbonyl (C=O) groups excluding carboxylic acids is 1. The lowest BCUT2D eigenvalue weighted by atomic mass is 10.0. The SMILES string of the molecule is C=CC(=O)Nc1cccc(-c2cnc3[nH]cc(-c4cc(CC)nc(C)n4)c3c2)c1. The van der Waals surface area contributed by atoms with Crippen molar-refractivity contribution in [3.8, 4) is 22.4 Å². The average Bonchev–Trinajstić information content (AvgIpc) is 3.16. The van der Waals surface area contributed by atoms with E-state index in [1.165, 1.54) is 6.08 Å². The molecule has 29 heavy (non-hydrogen) atoms. The third-order valence-electron chi connectivity index (χ3n) is 4.71. The highest BCUT2D eigenvalue weighted by molar-refractivity contribution is 5.99. The van der Waals surface area contributed by atoms with E-state index in [2.05, 4.69) is 44.8 Å². The molecule has 0 atom stereocenters. The smallest absolute Gasteiger partial charge is 0.247 e. The van der Waals surface area contributed by atoms with E-state index >= 15 is 0 Å². The van der Waals surface area contributed by atoms with Crippen molar-refractivity contribution in [2.45, 2.75) is 20.3 Å². The van der Waals surface area contributed by atoms with Gasteiger partial charge in [-0.15, -0.1) is 0 Å². The fourth-order valence-electron chi connectivity index (χ4n) is 3.29. The topological polar surface area (TPSA) is 83.6 Å². The molecule has 0 saturated heterocycles. The lowest BCUT2D eigenvalue weighted by molar-refractivity contribution is -0.111. The molecule has 0 aliphatic carbocycles. The second-order valence-electron chi connectivity index (χ2n) is 6.74. The van der Waals surface area contributed by atoms with Crippen LogP contribution in [0.2, 0.25) is 0 Å². The fraction of sp³-hybridized carbons (Fsp3) is 0.130. The Morgan fingerprint density at radius 2 is 2.07 bits per heavy atom. The maximum atomic E-state index is 11.6. The minimum Gasteiger partial charge on any atom is -0.345 e. The summed E-state index contributed by atoms with van der Waals surface area (Å²) in [6.45, 7) is 7.48. The van der Waals surface area contributed by atoms with E-state index in [4.69, 9.17) is 0 Å². The number of amides is 1. The van der Waals surface area contributed by atoms with Crippen molar-refractivity contribution in [1.29, 1.82) is 0 Å². The van der Waals surface area contributed by atoms with Crippen LogP contribution in [-0.2, 0) is 11.2 Å². The highest BCUT2D eigenvalue weighted by Gasteiger charge is 2.12. The Bertz CT molecular complexity index is 1230. The predicted molar refractivity (Wildman–Crippen MR) is 115 cm³/mol. The van der Waals surface area contributed by atoms with Gasteiger partial charge in [0.2, 0.25) is 5.91 Å². The Morgan fingerprint density at radius 1 is 1.21 bits per heavy atom. The van der Waals surface area contributed by atoms with Gasteiger partial charge in [0.1, 0.15) is 11.5 Å². The van der Waals surface area contributed by atoms with Crippen LogP contribution in [0.4, 0.5) is 5.69 Å². The molecule has 6 heteroatoms. The molecule has 0 aliphatic rings. The largest absolute Gasteiger partial charge is 0.345 e. The molecule has 1 amide bonds. The van der Waals surface area contributed by atoms with Gasteiger partial charge in [0.05, 0.1) is 5.69 Å². The molecule has 0 unspecified atom stereocenters. The van der Waals surface area contributed by atoms with Crippen LogP contribution in [0, 0.1) is 6.92 Å². The van der Waals surface area contributed by atoms with E-state index in [0.29, 0.717) is 5.69 Å². The van der Waals surface area contributed by atoms with Gasteiger partial charge >= 0.3 is 0 Å². The summed E-state index contributed by atoms with van der Waals surface area (Å²) in [5, 5.41) is 3.78. The molecule has 3 aromatic heterocycles. The quantitative estimate of drug-likeness (QED) is 0.490. The molecule has 0 fully saturated rings. The molecule has 0 bridgehead atoms. The zero-order chi connectivity index (χ0) is 20.4. The second kappa shape index (κ2) is 7.67. The maximum absolute atomic E-state index is 11.6. The van der Waals surface area contributed by atoms with Crippen molar-refractivity contribution < 1.29 is 4.79 Å². The van der Waals surface area contributed by atoms with Crippen LogP contribution in [0.5, 0.6) is 0 Å². The van der Waals surface area contributed by atoms with Gasteiger partial charge in [-0.3, -0.25) is 4.79 Å². The number of nitrogens with one attached hydrogen (secondary N) is 2. The molecule has 0 aliphatic heterocycles. The Kier molecular flexibility index (Phi) is 4.91. The second-order valence-corrected chi connectivity index (χ2v) is 6.74. The summed E-state index contributed by atoms with van der Waals surface area (Å²) in [7, 11) is 0. The first-order chi connectivity index (χ1) is 14.1. The van der Waals surface area contributed by atoms with Crippen molar-refractivity contribution in [2.75, 3.05) is 5.32 Å². The minimum absolute atomic E-state index is 0.241. The highest BCUT2D eigenvalue weighted by Crippen LogP contribution is 2.31. The number of aryl methyl sites for hydroxylation is 2. The van der Waals surface area contributed by atoms with Crippen molar-refractivity contribution in [3.63, 3.8) is 0 Å². The number of rotatable bonds is 5. The Morgan fingerprint density at radius 3 is 2.86 bits per heavy atom. The molecule has 3 heterocycles. The molecule has 4 rings (SSSR count). The average molecular weight is 383 g/mol. The first kappa shape index (κ1) is 18.6. The van der Waals surface area contributed by atoms with Gasteiger partial charge in [-0.1, -0.05) is 25.6 Å². The summed E-state index contributed by atoms with van der Waals surface area (Å²) in [4.78, 5) is 28.5. The van der Waals surface area contributed by atoms with E-state index < -0.39 is 0 Å². The van der Waals surface area contributed by atoms with Crippen molar-refractivity contribution in [1.82, 2.24) is 19.9 Å². The van der Waals surface area contributed by atoms with Gasteiger partial charge < -0.3 is 10.3 Å². The number of aromatic amines is 1. The van der Waals surface area contributed by atoms with Gasteiger partial charge in [-0.2, -0.15) is 0 Å². The number of fused-ring (bicyclic) bond motifs is 1. The summed E-state index contributed by atoms with van der Waals surface area (Å²) < 4.78 is 0. The number of hydrogen-bond acceptors (Lipinski definition) is 4. The zero-order valence-corrected chi connectivity index (χ0v) is 16.4. The number of benzene rings is 1. The normalized spacial score (nSPS) is 10.8. The maximum Gasteiger partial charge on any atom is 0.247 e. The first-order valence-corrected chi connectivity index (χ1v) is 9.43. The van der Waals surface area contributed by atoms with E-state index in [0.717, 1.165) is 51.4 Å². The lowest BCUT2D eigenvalue weighted by Crippen LogP contribution is -2.06. The number of pyridine rings is 1. The molecule has 6 nitrogen and oxygen atoms in total. The van der Waals surface area contributed by atoms with Crippen molar-refractivity contribution in [3.05, 3.63) is 73.0 Å². The summed E-state index contributed by atoms with van der Waals surface area (Å²) in [6, 6.07) is 11.8. The van der Waals surface area contributed by atoms with Gasteiger partial charge in [-0.05, 0) is 49.2 Å². The highest BCUT2D eigenvalue weighted by atomic mass is 16.1. The Labute approximate surface area is 168 Å². The third kappa shape index (κ3) is 3.78. The van der Waals surface area contributed by atoms with E-state index in [-0.39, 0.29) is 5.91 Å². The zero-order valence-electron chi connectivity index (χ0n) is 16.4. The molecule has 144 valence electrons. The van der Waals surface area contributed by atoms with E-state index in [1.54, 1.807) is 0 Å². The summed E-state index contributed by atoms with van der Waals surface area (Å²) in [5.74, 6) is 0.512. The van der Waals surface area contributed by atoms with Gasteiger partial charge in [0, 0.05) is 40.3 Å². The molecule has 0 radical (unpaired) electrons. The Hall–Kier alpha value is -3.80.